The van der Waals surface area contributed by atoms with Crippen LogP contribution in [0.5, 0.6) is 0 Å². The highest BCUT2D eigenvalue weighted by Gasteiger charge is 2.20. The lowest BCUT2D eigenvalue weighted by molar-refractivity contribution is 0.157. The maximum Gasteiger partial charge on any atom is 0.0201 e. The predicted octanol–water partition coefficient (Wildman–Crippen LogP) is 2.74. The summed E-state index contributed by atoms with van der Waals surface area (Å²) in [7, 11) is 0. The molecule has 1 rings (SSSR count). The molecule has 0 saturated carbocycles. The van der Waals surface area contributed by atoms with E-state index in [1.165, 1.54) is 37.8 Å². The predicted molar refractivity (Wildman–Crippen MR) is 62.5 cm³/mol. The van der Waals surface area contributed by atoms with E-state index in [2.05, 4.69) is 31.0 Å². The minimum Gasteiger partial charge on any atom is -0.296 e. The summed E-state index contributed by atoms with van der Waals surface area (Å²) in [6.07, 6.45) is 5.41. The Labute approximate surface area is 87.6 Å². The van der Waals surface area contributed by atoms with Crippen molar-refractivity contribution in [1.82, 2.24) is 4.90 Å². The van der Waals surface area contributed by atoms with Crippen LogP contribution in [-0.2, 0) is 0 Å². The number of nitrogens with zero attached hydrogens (tertiary/aromatic N) is 1. The third-order valence-corrected chi connectivity index (χ3v) is 3.32. The average molecular weight is 199 g/mol. The standard InChI is InChI=1S/C11H21NS/c1-3-11-6-4-5-7-12(11)8-10(2)9-13/h11,13H,2-9H2,1H3. The molecule has 0 aromatic carbocycles. The van der Waals surface area contributed by atoms with Gasteiger partial charge in [0.1, 0.15) is 0 Å². The quantitative estimate of drug-likeness (QED) is 0.538. The van der Waals surface area contributed by atoms with Crippen LogP contribution in [0, 0.1) is 0 Å². The Morgan fingerprint density at radius 2 is 2.31 bits per heavy atom. The molecule has 1 unspecified atom stereocenters. The molecule has 1 aliphatic heterocycles. The Hall–Kier alpha value is 0.0500. The van der Waals surface area contributed by atoms with Crippen LogP contribution in [0.25, 0.3) is 0 Å². The Morgan fingerprint density at radius 1 is 1.54 bits per heavy atom. The second-order valence-corrected chi connectivity index (χ2v) is 4.25. The fourth-order valence-corrected chi connectivity index (χ4v) is 2.17. The molecule has 0 aromatic rings. The van der Waals surface area contributed by atoms with Gasteiger partial charge in [0.15, 0.2) is 0 Å². The SMILES string of the molecule is C=C(CS)CN1CCCCC1CC. The van der Waals surface area contributed by atoms with E-state index in [1.807, 2.05) is 0 Å². The van der Waals surface area contributed by atoms with Crippen molar-refractivity contribution in [2.75, 3.05) is 18.8 Å². The van der Waals surface area contributed by atoms with Gasteiger partial charge in [-0.15, -0.1) is 0 Å². The van der Waals surface area contributed by atoms with Crippen LogP contribution in [0.3, 0.4) is 0 Å². The summed E-state index contributed by atoms with van der Waals surface area (Å²) >= 11 is 4.25. The maximum atomic E-state index is 4.25. The monoisotopic (exact) mass is 199 g/mol. The number of likely N-dealkylation sites (tertiary alicyclic amines) is 1. The normalized spacial score (nSPS) is 24.6. The minimum atomic E-state index is 0.797. The Kier molecular flexibility index (Phi) is 4.89. The van der Waals surface area contributed by atoms with Gasteiger partial charge in [0, 0.05) is 18.3 Å². The van der Waals surface area contributed by atoms with Crippen LogP contribution in [-0.4, -0.2) is 29.8 Å². The van der Waals surface area contributed by atoms with Gasteiger partial charge >= 0.3 is 0 Å². The molecule has 2 heteroatoms. The van der Waals surface area contributed by atoms with E-state index in [1.54, 1.807) is 0 Å². The van der Waals surface area contributed by atoms with Gasteiger partial charge < -0.3 is 0 Å². The largest absolute Gasteiger partial charge is 0.296 e. The molecule has 76 valence electrons. The van der Waals surface area contributed by atoms with Crippen LogP contribution in [0.1, 0.15) is 32.6 Å². The van der Waals surface area contributed by atoms with Crippen LogP contribution in [0.4, 0.5) is 0 Å². The van der Waals surface area contributed by atoms with E-state index >= 15 is 0 Å². The molecule has 13 heavy (non-hydrogen) atoms. The fourth-order valence-electron chi connectivity index (χ4n) is 2.07. The van der Waals surface area contributed by atoms with E-state index in [9.17, 15) is 0 Å². The zero-order chi connectivity index (χ0) is 9.68. The van der Waals surface area contributed by atoms with E-state index in [0.29, 0.717) is 0 Å². The van der Waals surface area contributed by atoms with E-state index in [-0.39, 0.29) is 0 Å². The molecule has 1 aliphatic rings. The molecular formula is C11H21NS. The maximum absolute atomic E-state index is 4.25. The Morgan fingerprint density at radius 3 is 2.92 bits per heavy atom. The van der Waals surface area contributed by atoms with Crippen LogP contribution >= 0.6 is 12.6 Å². The van der Waals surface area contributed by atoms with Crippen molar-refractivity contribution < 1.29 is 0 Å². The first-order chi connectivity index (χ1) is 6.27. The lowest BCUT2D eigenvalue weighted by atomic mass is 9.99. The van der Waals surface area contributed by atoms with Gasteiger partial charge in [-0.1, -0.05) is 25.5 Å². The van der Waals surface area contributed by atoms with Crippen LogP contribution < -0.4 is 0 Å². The number of rotatable bonds is 4. The van der Waals surface area contributed by atoms with Crippen molar-refractivity contribution in [3.63, 3.8) is 0 Å². The molecule has 0 bridgehead atoms. The van der Waals surface area contributed by atoms with Crippen molar-refractivity contribution >= 4 is 12.6 Å². The second kappa shape index (κ2) is 5.71. The summed E-state index contributed by atoms with van der Waals surface area (Å²) in [5.74, 6) is 0.826. The van der Waals surface area contributed by atoms with Gasteiger partial charge in [0.25, 0.3) is 0 Å². The number of hydrogen-bond acceptors (Lipinski definition) is 2. The zero-order valence-corrected chi connectivity index (χ0v) is 9.52. The summed E-state index contributed by atoms with van der Waals surface area (Å²) < 4.78 is 0. The van der Waals surface area contributed by atoms with E-state index < -0.39 is 0 Å². The molecule has 1 fully saturated rings. The summed E-state index contributed by atoms with van der Waals surface area (Å²) in [4.78, 5) is 2.57. The molecule has 0 N–H and O–H groups in total. The number of piperidine rings is 1. The number of thiol groups is 1. The highest BCUT2D eigenvalue weighted by molar-refractivity contribution is 7.80. The molecule has 0 amide bonds. The van der Waals surface area contributed by atoms with E-state index in [4.69, 9.17) is 0 Å². The third-order valence-electron chi connectivity index (χ3n) is 2.87. The van der Waals surface area contributed by atoms with Crippen molar-refractivity contribution in [3.05, 3.63) is 12.2 Å². The Bertz CT molecular complexity index is 167. The smallest absolute Gasteiger partial charge is 0.0201 e. The van der Waals surface area contributed by atoms with Gasteiger partial charge in [-0.25, -0.2) is 0 Å². The molecule has 0 radical (unpaired) electrons. The topological polar surface area (TPSA) is 3.24 Å². The van der Waals surface area contributed by atoms with Gasteiger partial charge in [-0.3, -0.25) is 4.90 Å². The zero-order valence-electron chi connectivity index (χ0n) is 8.63. The molecule has 0 aromatic heterocycles. The lowest BCUT2D eigenvalue weighted by Crippen LogP contribution is -2.40. The van der Waals surface area contributed by atoms with Gasteiger partial charge in [-0.2, -0.15) is 12.6 Å². The van der Waals surface area contributed by atoms with Crippen LogP contribution in [0.2, 0.25) is 0 Å². The molecule has 1 atom stereocenters. The highest BCUT2D eigenvalue weighted by Crippen LogP contribution is 2.20. The van der Waals surface area contributed by atoms with E-state index in [0.717, 1.165) is 18.3 Å². The van der Waals surface area contributed by atoms with Crippen molar-refractivity contribution in [2.24, 2.45) is 0 Å². The molecule has 0 spiro atoms. The third kappa shape index (κ3) is 3.35. The molecule has 0 aliphatic carbocycles. The second-order valence-electron chi connectivity index (χ2n) is 3.94. The van der Waals surface area contributed by atoms with Crippen molar-refractivity contribution in [3.8, 4) is 0 Å². The summed E-state index contributed by atoms with van der Waals surface area (Å²) in [6.45, 7) is 8.61. The first-order valence-corrected chi connectivity index (χ1v) is 5.92. The first kappa shape index (κ1) is 11.1. The highest BCUT2D eigenvalue weighted by atomic mass is 32.1. The van der Waals surface area contributed by atoms with Crippen LogP contribution in [0.15, 0.2) is 12.2 Å². The summed E-state index contributed by atoms with van der Waals surface area (Å²) in [6, 6.07) is 0.797. The van der Waals surface area contributed by atoms with Gasteiger partial charge in [0.05, 0.1) is 0 Å². The Balaban J connectivity index is 2.40. The molecule has 1 heterocycles. The molecule has 1 nitrogen and oxygen atoms in total. The van der Waals surface area contributed by atoms with Crippen molar-refractivity contribution in [2.45, 2.75) is 38.6 Å². The van der Waals surface area contributed by atoms with Gasteiger partial charge in [-0.05, 0) is 25.8 Å². The van der Waals surface area contributed by atoms with Gasteiger partial charge in [0.2, 0.25) is 0 Å². The fraction of sp³-hybridized carbons (Fsp3) is 0.818. The van der Waals surface area contributed by atoms with Crippen molar-refractivity contribution in [1.29, 1.82) is 0 Å². The first-order valence-electron chi connectivity index (χ1n) is 5.29. The summed E-state index contributed by atoms with van der Waals surface area (Å²) in [5, 5.41) is 0. The lowest BCUT2D eigenvalue weighted by Gasteiger charge is -2.35. The summed E-state index contributed by atoms with van der Waals surface area (Å²) in [5.41, 5.74) is 1.25. The minimum absolute atomic E-state index is 0.797. The average Bonchev–Trinajstić information content (AvgIpc) is 2.18. The molecule has 1 saturated heterocycles. The molecular weight excluding hydrogens is 178 g/mol. The number of hydrogen-bond donors (Lipinski definition) is 1.